The lowest BCUT2D eigenvalue weighted by molar-refractivity contribution is 0.640. The van der Waals surface area contributed by atoms with Crippen LogP contribution in [0.25, 0.3) is 0 Å². The predicted octanol–water partition coefficient (Wildman–Crippen LogP) is 4.42. The van der Waals surface area contributed by atoms with E-state index in [0.717, 1.165) is 27.6 Å². The largest absolute Gasteiger partial charge is 0.356 e. The Bertz CT molecular complexity index is 551. The maximum absolute atomic E-state index is 4.20. The second-order valence-corrected chi connectivity index (χ2v) is 6.95. The number of nitrogens with zero attached hydrogens (tertiary/aromatic N) is 2. The number of nitrogens with one attached hydrogen (secondary N) is 1. The Kier molecular flexibility index (Phi) is 4.93. The maximum Gasteiger partial charge on any atom is 0.205 e. The van der Waals surface area contributed by atoms with Crippen molar-refractivity contribution in [3.8, 4) is 0 Å². The van der Waals surface area contributed by atoms with Gasteiger partial charge < -0.3 is 5.32 Å². The molecule has 1 N–H and O–H groups in total. The van der Waals surface area contributed by atoms with Crippen molar-refractivity contribution in [1.82, 2.24) is 10.2 Å². The number of halogens is 1. The minimum Gasteiger partial charge on any atom is -0.356 e. The molecule has 0 bridgehead atoms. The van der Waals surface area contributed by atoms with Crippen molar-refractivity contribution in [3.63, 3.8) is 0 Å². The molecule has 2 rings (SSSR count). The van der Waals surface area contributed by atoms with E-state index in [4.69, 9.17) is 0 Å². The zero-order valence-corrected chi connectivity index (χ0v) is 13.8. The molecule has 19 heavy (non-hydrogen) atoms. The van der Waals surface area contributed by atoms with Gasteiger partial charge in [0.25, 0.3) is 0 Å². The van der Waals surface area contributed by atoms with Gasteiger partial charge in [-0.05, 0) is 30.0 Å². The summed E-state index contributed by atoms with van der Waals surface area (Å²) in [4.78, 5) is 0. The van der Waals surface area contributed by atoms with Crippen LogP contribution in [0.5, 0.6) is 0 Å². The fourth-order valence-corrected chi connectivity index (χ4v) is 3.05. The molecule has 1 aromatic heterocycles. The van der Waals surface area contributed by atoms with Crippen LogP contribution >= 0.6 is 27.3 Å². The first-order chi connectivity index (χ1) is 9.04. The van der Waals surface area contributed by atoms with Crippen LogP contribution in [-0.4, -0.2) is 10.2 Å². The molecule has 3 nitrogen and oxygen atoms in total. The Balaban J connectivity index is 1.94. The summed E-state index contributed by atoms with van der Waals surface area (Å²) >= 11 is 5.19. The van der Waals surface area contributed by atoms with E-state index in [0.29, 0.717) is 5.92 Å². The highest BCUT2D eigenvalue weighted by Crippen LogP contribution is 2.21. The Labute approximate surface area is 126 Å². The molecule has 2 aromatic rings. The molecule has 5 heteroatoms. The fraction of sp³-hybridized carbons (Fsp3) is 0.429. The first kappa shape index (κ1) is 14.5. The van der Waals surface area contributed by atoms with E-state index in [1.54, 1.807) is 11.3 Å². The molecule has 0 saturated heterocycles. The Hall–Kier alpha value is -0.940. The SMILES string of the molecule is Cc1ccc(CNc2nnc(CC(C)C)s2)cc1Br. The van der Waals surface area contributed by atoms with Crippen LogP contribution in [0.1, 0.15) is 30.0 Å². The van der Waals surface area contributed by atoms with E-state index in [1.165, 1.54) is 11.1 Å². The maximum atomic E-state index is 4.20. The second-order valence-electron chi connectivity index (χ2n) is 5.04. The predicted molar refractivity (Wildman–Crippen MR) is 84.7 cm³/mol. The molecule has 0 fully saturated rings. The first-order valence-electron chi connectivity index (χ1n) is 6.36. The molecule has 0 aliphatic carbocycles. The summed E-state index contributed by atoms with van der Waals surface area (Å²) in [6, 6.07) is 6.38. The van der Waals surface area contributed by atoms with Crippen molar-refractivity contribution >= 4 is 32.4 Å². The van der Waals surface area contributed by atoms with Crippen LogP contribution in [0.3, 0.4) is 0 Å². The van der Waals surface area contributed by atoms with Crippen molar-refractivity contribution in [2.75, 3.05) is 5.32 Å². The third kappa shape index (κ3) is 4.28. The zero-order chi connectivity index (χ0) is 13.8. The van der Waals surface area contributed by atoms with E-state index < -0.39 is 0 Å². The highest BCUT2D eigenvalue weighted by molar-refractivity contribution is 9.10. The van der Waals surface area contributed by atoms with Crippen molar-refractivity contribution in [3.05, 3.63) is 38.8 Å². The summed E-state index contributed by atoms with van der Waals surface area (Å²) in [5.41, 5.74) is 2.48. The smallest absolute Gasteiger partial charge is 0.205 e. The summed E-state index contributed by atoms with van der Waals surface area (Å²) in [6.45, 7) is 7.25. The summed E-state index contributed by atoms with van der Waals surface area (Å²) in [7, 11) is 0. The highest BCUT2D eigenvalue weighted by atomic mass is 79.9. The van der Waals surface area contributed by atoms with Gasteiger partial charge in [-0.25, -0.2) is 0 Å². The van der Waals surface area contributed by atoms with Gasteiger partial charge in [-0.2, -0.15) is 0 Å². The van der Waals surface area contributed by atoms with Gasteiger partial charge in [0, 0.05) is 17.4 Å². The van der Waals surface area contributed by atoms with Crippen LogP contribution in [0.15, 0.2) is 22.7 Å². The molecule has 0 atom stereocenters. The lowest BCUT2D eigenvalue weighted by Gasteiger charge is -2.04. The average Bonchev–Trinajstić information content (AvgIpc) is 2.77. The molecule has 0 aliphatic heterocycles. The zero-order valence-electron chi connectivity index (χ0n) is 11.4. The van der Waals surface area contributed by atoms with Crippen LogP contribution in [0.4, 0.5) is 5.13 Å². The van der Waals surface area contributed by atoms with Crippen LogP contribution < -0.4 is 5.32 Å². The van der Waals surface area contributed by atoms with Crippen molar-refractivity contribution in [1.29, 1.82) is 0 Å². The number of aromatic nitrogens is 2. The van der Waals surface area contributed by atoms with Crippen molar-refractivity contribution in [2.24, 2.45) is 5.92 Å². The Morgan fingerprint density at radius 3 is 2.79 bits per heavy atom. The van der Waals surface area contributed by atoms with Gasteiger partial charge in [-0.1, -0.05) is 53.2 Å². The summed E-state index contributed by atoms with van der Waals surface area (Å²) in [5, 5.41) is 13.7. The van der Waals surface area contributed by atoms with Crippen molar-refractivity contribution < 1.29 is 0 Å². The minimum absolute atomic E-state index is 0.619. The number of rotatable bonds is 5. The molecule has 0 unspecified atom stereocenters. The van der Waals surface area contributed by atoms with Crippen LogP contribution in [0.2, 0.25) is 0 Å². The van der Waals surface area contributed by atoms with Gasteiger partial charge in [0.2, 0.25) is 5.13 Å². The van der Waals surface area contributed by atoms with Crippen molar-refractivity contribution in [2.45, 2.75) is 33.7 Å². The molecule has 0 radical (unpaired) electrons. The summed E-state index contributed by atoms with van der Waals surface area (Å²) in [5.74, 6) is 0.619. The minimum atomic E-state index is 0.619. The number of aryl methyl sites for hydroxylation is 1. The second kappa shape index (κ2) is 6.48. The summed E-state index contributed by atoms with van der Waals surface area (Å²) < 4.78 is 1.14. The lowest BCUT2D eigenvalue weighted by Crippen LogP contribution is -1.99. The van der Waals surface area contributed by atoms with E-state index in [1.807, 2.05) is 0 Å². The average molecular weight is 340 g/mol. The molecule has 0 spiro atoms. The standard InChI is InChI=1S/C14H18BrN3S/c1-9(2)6-13-17-18-14(19-13)16-8-11-5-4-10(3)12(15)7-11/h4-5,7,9H,6,8H2,1-3H3,(H,16,18). The molecular weight excluding hydrogens is 322 g/mol. The Morgan fingerprint density at radius 1 is 1.32 bits per heavy atom. The molecule has 1 heterocycles. The van der Waals surface area contributed by atoms with Gasteiger partial charge in [-0.15, -0.1) is 10.2 Å². The number of hydrogen-bond acceptors (Lipinski definition) is 4. The van der Waals surface area contributed by atoms with E-state index in [9.17, 15) is 0 Å². The van der Waals surface area contributed by atoms with Gasteiger partial charge in [-0.3, -0.25) is 0 Å². The lowest BCUT2D eigenvalue weighted by atomic mass is 10.1. The summed E-state index contributed by atoms with van der Waals surface area (Å²) in [6.07, 6.45) is 0.995. The topological polar surface area (TPSA) is 37.8 Å². The fourth-order valence-electron chi connectivity index (χ4n) is 1.68. The number of hydrogen-bond donors (Lipinski definition) is 1. The van der Waals surface area contributed by atoms with Gasteiger partial charge in [0.15, 0.2) is 0 Å². The molecule has 0 saturated carbocycles. The Morgan fingerprint density at radius 2 is 2.11 bits per heavy atom. The van der Waals surface area contributed by atoms with Gasteiger partial charge in [0.1, 0.15) is 5.01 Å². The molecule has 102 valence electrons. The monoisotopic (exact) mass is 339 g/mol. The highest BCUT2D eigenvalue weighted by Gasteiger charge is 2.06. The van der Waals surface area contributed by atoms with Gasteiger partial charge >= 0.3 is 0 Å². The van der Waals surface area contributed by atoms with E-state index in [-0.39, 0.29) is 0 Å². The molecule has 0 aliphatic rings. The quantitative estimate of drug-likeness (QED) is 0.876. The van der Waals surface area contributed by atoms with Crippen LogP contribution in [0, 0.1) is 12.8 Å². The third-order valence-electron chi connectivity index (χ3n) is 2.73. The number of benzene rings is 1. The number of anilines is 1. The molecular formula is C14H18BrN3S. The van der Waals surface area contributed by atoms with Gasteiger partial charge in [0.05, 0.1) is 0 Å². The van der Waals surface area contributed by atoms with E-state index in [2.05, 4.69) is 70.4 Å². The normalized spacial score (nSPS) is 11.0. The van der Waals surface area contributed by atoms with E-state index >= 15 is 0 Å². The molecule has 1 aromatic carbocycles. The first-order valence-corrected chi connectivity index (χ1v) is 7.97. The van der Waals surface area contributed by atoms with Crippen LogP contribution in [-0.2, 0) is 13.0 Å². The molecule has 0 amide bonds. The third-order valence-corrected chi connectivity index (χ3v) is 4.49.